The monoisotopic (exact) mass is 473 g/mol. The van der Waals surface area contributed by atoms with E-state index in [2.05, 4.69) is 22.2 Å². The number of carbonyl (C=O) groups excluding carboxylic acids is 2. The minimum absolute atomic E-state index is 0.138. The molecule has 0 aliphatic heterocycles. The van der Waals surface area contributed by atoms with Gasteiger partial charge in [0.05, 0.1) is 18.4 Å². The molecule has 3 heterocycles. The molecule has 6 nitrogen and oxygen atoms in total. The molecule has 5 rings (SSSR count). The summed E-state index contributed by atoms with van der Waals surface area (Å²) in [5.41, 5.74) is 2.94. The molecule has 0 saturated carbocycles. The van der Waals surface area contributed by atoms with Crippen molar-refractivity contribution in [3.63, 3.8) is 0 Å². The van der Waals surface area contributed by atoms with E-state index in [4.69, 9.17) is 4.74 Å². The standard InChI is InChI=1S/C22H23N3O3S3/c1-11-6-7-13-15(8-11)31-21(18(13)22(27)28-2)25-16(26)9-29-19-17-12-4-3-5-14(12)30-20(17)24-10-23-19/h10-11H,3-9H2,1-2H3,(H,25,26)/t11-/m1/s1. The lowest BCUT2D eigenvalue weighted by Crippen LogP contribution is -2.17. The number of nitrogens with one attached hydrogen (secondary N) is 1. The Morgan fingerprint density at radius 1 is 1.19 bits per heavy atom. The third kappa shape index (κ3) is 3.87. The molecular weight excluding hydrogens is 450 g/mol. The van der Waals surface area contributed by atoms with Gasteiger partial charge in [0.2, 0.25) is 5.91 Å². The second-order valence-corrected chi connectivity index (χ2v) is 11.3. The molecule has 2 aliphatic rings. The van der Waals surface area contributed by atoms with E-state index in [9.17, 15) is 9.59 Å². The van der Waals surface area contributed by atoms with E-state index in [1.54, 1.807) is 17.7 Å². The van der Waals surface area contributed by atoms with Crippen LogP contribution in [0.15, 0.2) is 11.4 Å². The maximum absolute atomic E-state index is 12.8. The van der Waals surface area contributed by atoms with Crippen molar-refractivity contribution in [1.82, 2.24) is 9.97 Å². The maximum Gasteiger partial charge on any atom is 0.341 e. The van der Waals surface area contributed by atoms with Gasteiger partial charge in [-0.25, -0.2) is 14.8 Å². The van der Waals surface area contributed by atoms with Crippen molar-refractivity contribution < 1.29 is 14.3 Å². The van der Waals surface area contributed by atoms with Crippen LogP contribution in [0.1, 0.15) is 51.0 Å². The summed E-state index contributed by atoms with van der Waals surface area (Å²) in [6.07, 6.45) is 7.77. The van der Waals surface area contributed by atoms with Gasteiger partial charge in [-0.3, -0.25) is 4.79 Å². The van der Waals surface area contributed by atoms with Gasteiger partial charge in [0.15, 0.2) is 0 Å². The topological polar surface area (TPSA) is 81.2 Å². The summed E-state index contributed by atoms with van der Waals surface area (Å²) in [5, 5.41) is 5.58. The Bertz CT molecular complexity index is 1180. The first kappa shape index (κ1) is 20.9. The largest absolute Gasteiger partial charge is 0.465 e. The predicted octanol–water partition coefficient (Wildman–Crippen LogP) is 4.88. The summed E-state index contributed by atoms with van der Waals surface area (Å²) in [5.74, 6) is 0.307. The van der Waals surface area contributed by atoms with Crippen LogP contribution in [-0.2, 0) is 35.2 Å². The molecule has 0 saturated heterocycles. The summed E-state index contributed by atoms with van der Waals surface area (Å²) in [4.78, 5) is 37.8. The van der Waals surface area contributed by atoms with Crippen LogP contribution >= 0.6 is 34.4 Å². The van der Waals surface area contributed by atoms with E-state index in [1.807, 2.05) is 0 Å². The number of hydrogen-bond donors (Lipinski definition) is 1. The smallest absolute Gasteiger partial charge is 0.341 e. The highest BCUT2D eigenvalue weighted by Gasteiger charge is 2.29. The van der Waals surface area contributed by atoms with Gasteiger partial charge >= 0.3 is 5.97 Å². The Morgan fingerprint density at radius 3 is 2.90 bits per heavy atom. The lowest BCUT2D eigenvalue weighted by Gasteiger charge is -2.18. The van der Waals surface area contributed by atoms with Gasteiger partial charge in [-0.1, -0.05) is 18.7 Å². The van der Waals surface area contributed by atoms with Gasteiger partial charge in [0, 0.05) is 15.1 Å². The molecule has 9 heteroatoms. The number of hydrogen-bond acceptors (Lipinski definition) is 8. The average molecular weight is 474 g/mol. The highest BCUT2D eigenvalue weighted by Crippen LogP contribution is 2.41. The molecule has 1 amide bonds. The van der Waals surface area contributed by atoms with Gasteiger partial charge in [-0.15, -0.1) is 22.7 Å². The number of amides is 1. The number of aryl methyl sites for hydroxylation is 2. The Balaban J connectivity index is 1.35. The molecule has 0 unspecified atom stereocenters. The first-order valence-corrected chi connectivity index (χ1v) is 13.1. The minimum atomic E-state index is -0.374. The number of thioether (sulfide) groups is 1. The SMILES string of the molecule is COC(=O)c1c(NC(=O)CSc2ncnc3sc4c(c23)CCC4)sc2c1CC[C@@H](C)C2. The number of fused-ring (bicyclic) bond motifs is 4. The highest BCUT2D eigenvalue weighted by molar-refractivity contribution is 8.00. The maximum atomic E-state index is 12.8. The molecule has 31 heavy (non-hydrogen) atoms. The number of carbonyl (C=O) groups is 2. The third-order valence-corrected chi connectivity index (χ3v) is 9.32. The number of methoxy groups -OCH3 is 1. The summed E-state index contributed by atoms with van der Waals surface area (Å²) in [6, 6.07) is 0. The summed E-state index contributed by atoms with van der Waals surface area (Å²) in [7, 11) is 1.39. The van der Waals surface area contributed by atoms with E-state index in [-0.39, 0.29) is 17.6 Å². The average Bonchev–Trinajstić information content (AvgIpc) is 3.43. The minimum Gasteiger partial charge on any atom is -0.465 e. The highest BCUT2D eigenvalue weighted by atomic mass is 32.2. The Hall–Kier alpha value is -1.97. The summed E-state index contributed by atoms with van der Waals surface area (Å²) >= 11 is 4.69. The van der Waals surface area contributed by atoms with E-state index >= 15 is 0 Å². The zero-order chi connectivity index (χ0) is 21.5. The van der Waals surface area contributed by atoms with Gasteiger partial charge in [0.1, 0.15) is 21.2 Å². The first-order valence-electron chi connectivity index (χ1n) is 10.5. The zero-order valence-corrected chi connectivity index (χ0v) is 19.9. The Morgan fingerprint density at radius 2 is 2.06 bits per heavy atom. The van der Waals surface area contributed by atoms with Crippen LogP contribution in [0, 0.1) is 5.92 Å². The molecule has 0 radical (unpaired) electrons. The van der Waals surface area contributed by atoms with Crippen molar-refractivity contribution in [2.24, 2.45) is 5.92 Å². The number of anilines is 1. The summed E-state index contributed by atoms with van der Waals surface area (Å²) < 4.78 is 5.02. The van der Waals surface area contributed by atoms with Crippen molar-refractivity contribution in [2.75, 3.05) is 18.2 Å². The van der Waals surface area contributed by atoms with E-state index in [0.29, 0.717) is 16.5 Å². The molecule has 162 valence electrons. The normalized spacial score (nSPS) is 17.4. The quantitative estimate of drug-likeness (QED) is 0.323. The van der Waals surface area contributed by atoms with Crippen molar-refractivity contribution in [3.8, 4) is 0 Å². The molecule has 1 N–H and O–H groups in total. The molecule has 0 aromatic carbocycles. The van der Waals surface area contributed by atoms with Crippen LogP contribution in [-0.4, -0.2) is 34.7 Å². The molecule has 3 aromatic rings. The van der Waals surface area contributed by atoms with Gasteiger partial charge in [0.25, 0.3) is 0 Å². The van der Waals surface area contributed by atoms with E-state index in [0.717, 1.165) is 52.9 Å². The fourth-order valence-electron chi connectivity index (χ4n) is 4.46. The van der Waals surface area contributed by atoms with E-state index < -0.39 is 0 Å². The van der Waals surface area contributed by atoms with Crippen LogP contribution in [0.2, 0.25) is 0 Å². The van der Waals surface area contributed by atoms with Crippen LogP contribution in [0.4, 0.5) is 5.00 Å². The fourth-order valence-corrected chi connectivity index (χ4v) is 8.00. The van der Waals surface area contributed by atoms with Crippen molar-refractivity contribution in [2.45, 2.75) is 50.5 Å². The van der Waals surface area contributed by atoms with Crippen LogP contribution in [0.3, 0.4) is 0 Å². The molecule has 0 bridgehead atoms. The second-order valence-electron chi connectivity index (χ2n) is 8.10. The van der Waals surface area contributed by atoms with Gasteiger partial charge in [-0.2, -0.15) is 0 Å². The Kier molecular flexibility index (Phi) is 5.75. The number of aromatic nitrogens is 2. The van der Waals surface area contributed by atoms with Crippen LogP contribution in [0.25, 0.3) is 10.2 Å². The molecular formula is C22H23N3O3S3. The zero-order valence-electron chi connectivity index (χ0n) is 17.4. The Labute approximate surface area is 192 Å². The molecule has 0 spiro atoms. The van der Waals surface area contributed by atoms with Crippen molar-refractivity contribution >= 4 is 61.5 Å². The second kappa shape index (κ2) is 8.52. The number of thiophene rings is 2. The molecule has 0 fully saturated rings. The third-order valence-electron chi connectivity index (χ3n) is 5.96. The molecule has 1 atom stereocenters. The fraction of sp³-hybridized carbons (Fsp3) is 0.455. The van der Waals surface area contributed by atoms with Crippen molar-refractivity contribution in [1.29, 1.82) is 0 Å². The van der Waals surface area contributed by atoms with Crippen LogP contribution < -0.4 is 5.32 Å². The number of nitrogens with zero attached hydrogens (tertiary/aromatic N) is 2. The first-order chi connectivity index (χ1) is 15.0. The van der Waals surface area contributed by atoms with Gasteiger partial charge in [-0.05, 0) is 55.6 Å². The lowest BCUT2D eigenvalue weighted by molar-refractivity contribution is -0.113. The predicted molar refractivity (Wildman–Crippen MR) is 126 cm³/mol. The lowest BCUT2D eigenvalue weighted by atomic mass is 9.88. The van der Waals surface area contributed by atoms with Crippen molar-refractivity contribution in [3.05, 3.63) is 32.8 Å². The summed E-state index contributed by atoms with van der Waals surface area (Å²) in [6.45, 7) is 2.22. The van der Waals surface area contributed by atoms with Gasteiger partial charge < -0.3 is 10.1 Å². The van der Waals surface area contributed by atoms with E-state index in [1.165, 1.54) is 51.9 Å². The van der Waals surface area contributed by atoms with Crippen LogP contribution in [0.5, 0.6) is 0 Å². The molecule has 2 aliphatic carbocycles. The number of ether oxygens (including phenoxy) is 1. The number of esters is 1. The molecule has 3 aromatic heterocycles. The number of rotatable bonds is 5.